The van der Waals surface area contributed by atoms with Crippen LogP contribution >= 0.6 is 0 Å². The van der Waals surface area contributed by atoms with Crippen LogP contribution in [0.3, 0.4) is 0 Å². The molecule has 0 radical (unpaired) electrons. The molecule has 1 saturated carbocycles. The molecular weight excluding hydrogens is 240 g/mol. The zero-order chi connectivity index (χ0) is 13.4. The van der Waals surface area contributed by atoms with E-state index in [9.17, 15) is 9.90 Å². The van der Waals surface area contributed by atoms with E-state index in [1.165, 1.54) is 12.8 Å². The first-order valence-corrected chi connectivity index (χ1v) is 6.97. The third kappa shape index (κ3) is 2.45. The average molecular weight is 260 g/mol. The molecule has 4 heteroatoms. The SMILES string of the molecule is CC1CN(C(=O)O)C(c2ccccc2)CN1C1CC1. The molecule has 0 spiro atoms. The fraction of sp³-hybridized carbons (Fsp3) is 0.533. The number of hydrogen-bond donors (Lipinski definition) is 1. The quantitative estimate of drug-likeness (QED) is 0.888. The van der Waals surface area contributed by atoms with Crippen molar-refractivity contribution >= 4 is 6.09 Å². The predicted octanol–water partition coefficient (Wildman–Crippen LogP) is 2.57. The maximum absolute atomic E-state index is 11.5. The summed E-state index contributed by atoms with van der Waals surface area (Å²) in [5.74, 6) is 0. The summed E-state index contributed by atoms with van der Waals surface area (Å²) in [5, 5.41) is 9.44. The van der Waals surface area contributed by atoms with Gasteiger partial charge in [-0.05, 0) is 25.3 Å². The van der Waals surface area contributed by atoms with E-state index in [0.29, 0.717) is 18.6 Å². The van der Waals surface area contributed by atoms with Crippen LogP contribution in [-0.4, -0.2) is 46.2 Å². The van der Waals surface area contributed by atoms with E-state index in [1.54, 1.807) is 4.90 Å². The predicted molar refractivity (Wildman–Crippen MR) is 73.1 cm³/mol. The Balaban J connectivity index is 1.86. The van der Waals surface area contributed by atoms with Crippen molar-refractivity contribution in [2.24, 2.45) is 0 Å². The maximum Gasteiger partial charge on any atom is 0.407 e. The van der Waals surface area contributed by atoms with Crippen LogP contribution in [0.15, 0.2) is 30.3 Å². The Morgan fingerprint density at radius 3 is 2.47 bits per heavy atom. The number of rotatable bonds is 2. The van der Waals surface area contributed by atoms with Crippen LogP contribution in [-0.2, 0) is 0 Å². The molecular formula is C15H20N2O2. The van der Waals surface area contributed by atoms with Crippen LogP contribution in [0.5, 0.6) is 0 Å². The van der Waals surface area contributed by atoms with Gasteiger partial charge in [0, 0.05) is 25.2 Å². The lowest BCUT2D eigenvalue weighted by atomic mass is 10.00. The lowest BCUT2D eigenvalue weighted by Gasteiger charge is -2.44. The molecule has 3 rings (SSSR count). The summed E-state index contributed by atoms with van der Waals surface area (Å²) in [6.07, 6.45) is 1.72. The molecule has 19 heavy (non-hydrogen) atoms. The number of amides is 1. The summed E-state index contributed by atoms with van der Waals surface area (Å²) in [6.45, 7) is 3.56. The minimum Gasteiger partial charge on any atom is -0.465 e. The van der Waals surface area contributed by atoms with Gasteiger partial charge in [-0.1, -0.05) is 30.3 Å². The minimum absolute atomic E-state index is 0.0319. The number of nitrogens with zero attached hydrogens (tertiary/aromatic N) is 2. The first kappa shape index (κ1) is 12.5. The molecule has 1 amide bonds. The molecule has 2 aliphatic rings. The summed E-state index contributed by atoms with van der Waals surface area (Å²) >= 11 is 0. The minimum atomic E-state index is -0.809. The van der Waals surface area contributed by atoms with Gasteiger partial charge < -0.3 is 5.11 Å². The lowest BCUT2D eigenvalue weighted by molar-refractivity contribution is 0.0325. The van der Waals surface area contributed by atoms with Crippen molar-refractivity contribution in [3.8, 4) is 0 Å². The van der Waals surface area contributed by atoms with Crippen LogP contribution in [0, 0.1) is 0 Å². The Kier molecular flexibility index (Phi) is 3.19. The Hall–Kier alpha value is -1.55. The molecule has 1 aliphatic carbocycles. The topological polar surface area (TPSA) is 43.8 Å². The molecule has 1 saturated heterocycles. The highest BCUT2D eigenvalue weighted by atomic mass is 16.4. The van der Waals surface area contributed by atoms with Gasteiger partial charge in [0.2, 0.25) is 0 Å². The first-order chi connectivity index (χ1) is 9.16. The molecule has 0 bridgehead atoms. The molecule has 1 aromatic rings. The second kappa shape index (κ2) is 4.85. The van der Waals surface area contributed by atoms with Crippen LogP contribution in [0.25, 0.3) is 0 Å². The second-order valence-electron chi connectivity index (χ2n) is 5.64. The standard InChI is InChI=1S/C15H20N2O2/c1-11-9-17(15(18)19)14(10-16(11)13-7-8-13)12-5-3-2-4-6-12/h2-6,11,13-14H,7-10H2,1H3,(H,18,19). The van der Waals surface area contributed by atoms with Gasteiger partial charge in [-0.25, -0.2) is 4.79 Å². The van der Waals surface area contributed by atoms with Crippen LogP contribution < -0.4 is 0 Å². The highest BCUT2D eigenvalue weighted by Gasteiger charge is 2.41. The smallest absolute Gasteiger partial charge is 0.407 e. The largest absolute Gasteiger partial charge is 0.465 e. The Morgan fingerprint density at radius 2 is 1.89 bits per heavy atom. The number of piperazine rings is 1. The molecule has 1 aromatic carbocycles. The summed E-state index contributed by atoms with van der Waals surface area (Å²) in [5.41, 5.74) is 1.10. The van der Waals surface area contributed by atoms with Gasteiger partial charge in [0.25, 0.3) is 0 Å². The Bertz CT molecular complexity index is 458. The second-order valence-corrected chi connectivity index (χ2v) is 5.64. The molecule has 0 aromatic heterocycles. The van der Waals surface area contributed by atoms with E-state index in [1.807, 2.05) is 30.3 Å². The third-order valence-electron chi connectivity index (χ3n) is 4.23. The van der Waals surface area contributed by atoms with Gasteiger partial charge in [-0.2, -0.15) is 0 Å². The van der Waals surface area contributed by atoms with Crippen molar-refractivity contribution in [1.29, 1.82) is 0 Å². The van der Waals surface area contributed by atoms with Crippen LogP contribution in [0.2, 0.25) is 0 Å². The number of carbonyl (C=O) groups is 1. The van der Waals surface area contributed by atoms with Crippen molar-refractivity contribution in [3.63, 3.8) is 0 Å². The van der Waals surface area contributed by atoms with Gasteiger partial charge in [-0.15, -0.1) is 0 Å². The van der Waals surface area contributed by atoms with Crippen molar-refractivity contribution in [1.82, 2.24) is 9.80 Å². The molecule has 2 unspecified atom stereocenters. The normalized spacial score (nSPS) is 28.4. The van der Waals surface area contributed by atoms with Gasteiger partial charge >= 0.3 is 6.09 Å². The Labute approximate surface area is 113 Å². The fourth-order valence-electron chi connectivity index (χ4n) is 3.08. The molecule has 102 valence electrons. The van der Waals surface area contributed by atoms with Gasteiger partial charge in [-0.3, -0.25) is 9.80 Å². The van der Waals surface area contributed by atoms with Crippen molar-refractivity contribution in [2.45, 2.75) is 37.9 Å². The fourth-order valence-corrected chi connectivity index (χ4v) is 3.08. The molecule has 4 nitrogen and oxygen atoms in total. The number of hydrogen-bond acceptors (Lipinski definition) is 2. The zero-order valence-corrected chi connectivity index (χ0v) is 11.2. The lowest BCUT2D eigenvalue weighted by Crippen LogP contribution is -2.55. The first-order valence-electron chi connectivity index (χ1n) is 6.97. The van der Waals surface area contributed by atoms with Gasteiger partial charge in [0.15, 0.2) is 0 Å². The number of carboxylic acid groups (broad SMARTS) is 1. The van der Waals surface area contributed by atoms with E-state index < -0.39 is 6.09 Å². The van der Waals surface area contributed by atoms with Crippen molar-refractivity contribution in [2.75, 3.05) is 13.1 Å². The Morgan fingerprint density at radius 1 is 1.21 bits per heavy atom. The highest BCUT2D eigenvalue weighted by Crippen LogP contribution is 2.35. The molecule has 1 aliphatic heterocycles. The van der Waals surface area contributed by atoms with E-state index >= 15 is 0 Å². The highest BCUT2D eigenvalue weighted by molar-refractivity contribution is 5.66. The average Bonchev–Trinajstić information content (AvgIpc) is 3.23. The maximum atomic E-state index is 11.5. The van der Waals surface area contributed by atoms with E-state index in [0.717, 1.165) is 12.1 Å². The van der Waals surface area contributed by atoms with Crippen molar-refractivity contribution in [3.05, 3.63) is 35.9 Å². The summed E-state index contributed by atoms with van der Waals surface area (Å²) in [6, 6.07) is 11.0. The summed E-state index contributed by atoms with van der Waals surface area (Å²) < 4.78 is 0. The van der Waals surface area contributed by atoms with Crippen LogP contribution in [0.4, 0.5) is 4.79 Å². The number of benzene rings is 1. The summed E-state index contributed by atoms with van der Waals surface area (Å²) in [7, 11) is 0. The summed E-state index contributed by atoms with van der Waals surface area (Å²) in [4.78, 5) is 15.6. The van der Waals surface area contributed by atoms with E-state index in [2.05, 4.69) is 11.8 Å². The van der Waals surface area contributed by atoms with E-state index in [4.69, 9.17) is 0 Å². The molecule has 1 heterocycles. The monoisotopic (exact) mass is 260 g/mol. The molecule has 1 N–H and O–H groups in total. The molecule has 2 fully saturated rings. The van der Waals surface area contributed by atoms with Gasteiger partial charge in [0.1, 0.15) is 0 Å². The van der Waals surface area contributed by atoms with Crippen LogP contribution in [0.1, 0.15) is 31.4 Å². The van der Waals surface area contributed by atoms with Gasteiger partial charge in [0.05, 0.1) is 6.04 Å². The molecule has 2 atom stereocenters. The third-order valence-corrected chi connectivity index (χ3v) is 4.23. The zero-order valence-electron chi connectivity index (χ0n) is 11.2. The van der Waals surface area contributed by atoms with Crippen molar-refractivity contribution < 1.29 is 9.90 Å². The van der Waals surface area contributed by atoms with E-state index in [-0.39, 0.29) is 6.04 Å².